The Morgan fingerprint density at radius 2 is 1.79 bits per heavy atom. The van der Waals surface area contributed by atoms with Crippen LogP contribution in [0.2, 0.25) is 0 Å². The maximum Gasteiger partial charge on any atom is 0.253 e. The van der Waals surface area contributed by atoms with Gasteiger partial charge < -0.3 is 9.88 Å². The molecule has 1 N–H and O–H groups in total. The second kappa shape index (κ2) is 6.52. The van der Waals surface area contributed by atoms with Crippen LogP contribution in [0.3, 0.4) is 0 Å². The second-order valence-corrected chi connectivity index (χ2v) is 6.44. The van der Waals surface area contributed by atoms with E-state index in [1.807, 2.05) is 6.07 Å². The van der Waals surface area contributed by atoms with Gasteiger partial charge in [0.25, 0.3) is 5.91 Å². The lowest BCUT2D eigenvalue weighted by molar-refractivity contribution is 0.0957. The summed E-state index contributed by atoms with van der Waals surface area (Å²) in [5.74, 6) is 0.0838. The molecule has 0 unspecified atom stereocenters. The quantitative estimate of drug-likeness (QED) is 0.776. The molecule has 2 aromatic carbocycles. The van der Waals surface area contributed by atoms with Crippen LogP contribution in [0.4, 0.5) is 0 Å². The number of fused-ring (bicyclic) bond motifs is 3. The zero-order chi connectivity index (χ0) is 16.4. The lowest BCUT2D eigenvalue weighted by atomic mass is 10.1. The van der Waals surface area contributed by atoms with E-state index in [4.69, 9.17) is 0 Å². The molecule has 3 nitrogen and oxygen atoms in total. The molecule has 0 bridgehead atoms. The Morgan fingerprint density at radius 1 is 1.00 bits per heavy atom. The molecule has 1 aliphatic heterocycles. The van der Waals surface area contributed by atoms with E-state index in [2.05, 4.69) is 58.4 Å². The molecule has 1 amide bonds. The van der Waals surface area contributed by atoms with Crippen molar-refractivity contribution >= 4 is 16.8 Å². The van der Waals surface area contributed by atoms with Gasteiger partial charge in [-0.1, -0.05) is 48.5 Å². The Bertz CT molecular complexity index is 864. The first-order chi connectivity index (χ1) is 11.8. The molecule has 1 aromatic heterocycles. The van der Waals surface area contributed by atoms with Gasteiger partial charge in [0, 0.05) is 29.7 Å². The summed E-state index contributed by atoms with van der Waals surface area (Å²) < 4.78 is 2.37. The van der Waals surface area contributed by atoms with Gasteiger partial charge in [0.1, 0.15) is 0 Å². The highest BCUT2D eigenvalue weighted by Gasteiger charge is 2.23. The summed E-state index contributed by atoms with van der Waals surface area (Å²) in [6.45, 7) is 1.73. The van der Waals surface area contributed by atoms with Gasteiger partial charge in [-0.05, 0) is 37.3 Å². The number of aromatic nitrogens is 1. The van der Waals surface area contributed by atoms with Crippen molar-refractivity contribution < 1.29 is 4.79 Å². The SMILES string of the molecule is O=C1NCCCc2c1c1ccccc1n2CCCc1ccccc1. The molecule has 0 radical (unpaired) electrons. The molecule has 0 saturated carbocycles. The van der Waals surface area contributed by atoms with Crippen LogP contribution >= 0.6 is 0 Å². The Kier molecular flexibility index (Phi) is 4.08. The molecule has 0 atom stereocenters. The molecular weight excluding hydrogens is 296 g/mol. The molecule has 0 spiro atoms. The zero-order valence-corrected chi connectivity index (χ0v) is 13.8. The van der Waals surface area contributed by atoms with E-state index in [1.54, 1.807) is 0 Å². The Labute approximate surface area is 142 Å². The standard InChI is InChI=1S/C21H22N2O/c24-21-20-17-11-4-5-12-18(17)23(19(20)13-6-14-22-21)15-7-10-16-8-2-1-3-9-16/h1-5,8-9,11-12H,6-7,10,13-15H2,(H,22,24). The average Bonchev–Trinajstić information content (AvgIpc) is 2.80. The normalized spacial score (nSPS) is 14.2. The summed E-state index contributed by atoms with van der Waals surface area (Å²) in [5.41, 5.74) is 4.66. The number of rotatable bonds is 4. The molecule has 0 fully saturated rings. The van der Waals surface area contributed by atoms with E-state index in [9.17, 15) is 4.79 Å². The van der Waals surface area contributed by atoms with Gasteiger partial charge in [0.2, 0.25) is 0 Å². The maximum atomic E-state index is 12.5. The number of carbonyl (C=O) groups is 1. The average molecular weight is 318 g/mol. The van der Waals surface area contributed by atoms with Gasteiger partial charge in [-0.3, -0.25) is 4.79 Å². The fourth-order valence-electron chi connectivity index (χ4n) is 3.76. The third-order valence-corrected chi connectivity index (χ3v) is 4.87. The van der Waals surface area contributed by atoms with Crippen LogP contribution < -0.4 is 5.32 Å². The minimum Gasteiger partial charge on any atom is -0.352 e. The molecule has 4 rings (SSSR count). The predicted molar refractivity (Wildman–Crippen MR) is 97.4 cm³/mol. The fourth-order valence-corrected chi connectivity index (χ4v) is 3.76. The van der Waals surface area contributed by atoms with E-state index < -0.39 is 0 Å². The number of para-hydroxylation sites is 1. The van der Waals surface area contributed by atoms with Gasteiger partial charge in [-0.25, -0.2) is 0 Å². The summed E-state index contributed by atoms with van der Waals surface area (Å²) in [6, 6.07) is 18.9. The van der Waals surface area contributed by atoms with Gasteiger partial charge in [-0.2, -0.15) is 0 Å². The fraction of sp³-hybridized carbons (Fsp3) is 0.286. The van der Waals surface area contributed by atoms with Crippen LogP contribution in [0, 0.1) is 0 Å². The molecule has 122 valence electrons. The Morgan fingerprint density at radius 3 is 2.67 bits per heavy atom. The number of benzene rings is 2. The van der Waals surface area contributed by atoms with E-state index in [-0.39, 0.29) is 5.91 Å². The van der Waals surface area contributed by atoms with Gasteiger partial charge >= 0.3 is 0 Å². The first-order valence-electron chi connectivity index (χ1n) is 8.77. The lowest BCUT2D eigenvalue weighted by Gasteiger charge is -2.10. The molecule has 0 saturated heterocycles. The number of nitrogens with zero attached hydrogens (tertiary/aromatic N) is 1. The summed E-state index contributed by atoms with van der Waals surface area (Å²) in [6.07, 6.45) is 4.12. The highest BCUT2D eigenvalue weighted by atomic mass is 16.1. The first-order valence-corrected chi connectivity index (χ1v) is 8.77. The van der Waals surface area contributed by atoms with E-state index in [1.165, 1.54) is 16.8 Å². The van der Waals surface area contributed by atoms with Crippen molar-refractivity contribution in [2.75, 3.05) is 6.54 Å². The molecule has 3 heteroatoms. The summed E-state index contributed by atoms with van der Waals surface area (Å²) in [7, 11) is 0. The van der Waals surface area contributed by atoms with Crippen molar-refractivity contribution in [2.45, 2.75) is 32.2 Å². The number of aryl methyl sites for hydroxylation is 2. The number of nitrogens with one attached hydrogen (secondary N) is 1. The number of carbonyl (C=O) groups excluding carboxylic acids is 1. The van der Waals surface area contributed by atoms with Crippen molar-refractivity contribution in [3.63, 3.8) is 0 Å². The van der Waals surface area contributed by atoms with Crippen LogP contribution in [0.25, 0.3) is 10.9 Å². The van der Waals surface area contributed by atoms with Crippen molar-refractivity contribution in [1.29, 1.82) is 0 Å². The van der Waals surface area contributed by atoms with Gasteiger partial charge in [0.15, 0.2) is 0 Å². The minimum atomic E-state index is 0.0838. The van der Waals surface area contributed by atoms with Gasteiger partial charge in [-0.15, -0.1) is 0 Å². The molecular formula is C21H22N2O. The van der Waals surface area contributed by atoms with E-state index in [0.717, 1.165) is 49.7 Å². The maximum absolute atomic E-state index is 12.5. The smallest absolute Gasteiger partial charge is 0.253 e. The monoisotopic (exact) mass is 318 g/mol. The van der Waals surface area contributed by atoms with Gasteiger partial charge in [0.05, 0.1) is 5.56 Å². The minimum absolute atomic E-state index is 0.0838. The third kappa shape index (κ3) is 2.71. The predicted octanol–water partition coefficient (Wildman–Crippen LogP) is 3.95. The topological polar surface area (TPSA) is 34.0 Å². The lowest BCUT2D eigenvalue weighted by Crippen LogP contribution is -2.22. The number of hydrogen-bond acceptors (Lipinski definition) is 1. The first kappa shape index (κ1) is 15.0. The molecule has 1 aliphatic rings. The molecule has 24 heavy (non-hydrogen) atoms. The zero-order valence-electron chi connectivity index (χ0n) is 13.8. The highest BCUT2D eigenvalue weighted by Crippen LogP contribution is 2.29. The summed E-state index contributed by atoms with van der Waals surface area (Å²) in [5, 5.41) is 4.13. The number of amides is 1. The molecule has 0 aliphatic carbocycles. The Hall–Kier alpha value is -2.55. The van der Waals surface area contributed by atoms with Crippen LogP contribution in [-0.4, -0.2) is 17.0 Å². The molecule has 3 aromatic rings. The van der Waals surface area contributed by atoms with Crippen LogP contribution in [-0.2, 0) is 19.4 Å². The molecule has 2 heterocycles. The van der Waals surface area contributed by atoms with E-state index >= 15 is 0 Å². The van der Waals surface area contributed by atoms with Crippen LogP contribution in [0.1, 0.15) is 34.5 Å². The number of hydrogen-bond donors (Lipinski definition) is 1. The second-order valence-electron chi connectivity index (χ2n) is 6.44. The Balaban J connectivity index is 1.67. The van der Waals surface area contributed by atoms with E-state index in [0.29, 0.717) is 0 Å². The van der Waals surface area contributed by atoms with Crippen LogP contribution in [0.5, 0.6) is 0 Å². The summed E-state index contributed by atoms with van der Waals surface area (Å²) >= 11 is 0. The summed E-state index contributed by atoms with van der Waals surface area (Å²) in [4.78, 5) is 12.5. The largest absolute Gasteiger partial charge is 0.352 e. The highest BCUT2D eigenvalue weighted by molar-refractivity contribution is 6.08. The van der Waals surface area contributed by atoms with Crippen molar-refractivity contribution in [3.05, 3.63) is 71.4 Å². The van der Waals surface area contributed by atoms with Crippen molar-refractivity contribution in [2.24, 2.45) is 0 Å². The third-order valence-electron chi connectivity index (χ3n) is 4.87. The van der Waals surface area contributed by atoms with Crippen LogP contribution in [0.15, 0.2) is 54.6 Å². The van der Waals surface area contributed by atoms with Crippen molar-refractivity contribution in [1.82, 2.24) is 9.88 Å². The van der Waals surface area contributed by atoms with Crippen molar-refractivity contribution in [3.8, 4) is 0 Å².